The maximum absolute atomic E-state index is 9.31. The molecule has 6 nitrogen and oxygen atoms in total. The van der Waals surface area contributed by atoms with E-state index in [0.717, 1.165) is 0 Å². The second kappa shape index (κ2) is 4.09. The summed E-state index contributed by atoms with van der Waals surface area (Å²) in [5.41, 5.74) is -0.224. The Morgan fingerprint density at radius 3 is 2.17 bits per heavy atom. The number of aryl methyl sites for hydroxylation is 1. The van der Waals surface area contributed by atoms with Crippen LogP contribution in [0.2, 0.25) is 0 Å². The van der Waals surface area contributed by atoms with E-state index in [0.29, 0.717) is 5.46 Å². The van der Waals surface area contributed by atoms with Crippen molar-refractivity contribution >= 4 is 25.3 Å². The van der Waals surface area contributed by atoms with E-state index in [9.17, 15) is 10.0 Å². The van der Waals surface area contributed by atoms with Crippen molar-refractivity contribution in [2.75, 3.05) is 0 Å². The van der Waals surface area contributed by atoms with Gasteiger partial charge in [-0.25, -0.2) is 0 Å². The maximum atomic E-state index is 9.31. The van der Waals surface area contributed by atoms with Crippen LogP contribution in [0.4, 0.5) is 0 Å². The van der Waals surface area contributed by atoms with Crippen LogP contribution in [0.5, 0.6) is 0 Å². The molecule has 2 N–H and O–H groups in total. The summed E-state index contributed by atoms with van der Waals surface area (Å²) in [6.45, 7) is 7.77. The van der Waals surface area contributed by atoms with Crippen LogP contribution in [-0.4, -0.2) is 45.3 Å². The monoisotopic (exact) mass is 252 g/mol. The van der Waals surface area contributed by atoms with Crippen molar-refractivity contribution in [1.82, 2.24) is 9.78 Å². The summed E-state index contributed by atoms with van der Waals surface area (Å²) in [4.78, 5) is 0. The van der Waals surface area contributed by atoms with E-state index in [2.05, 4.69) is 5.10 Å². The molecule has 1 aromatic rings. The Balaban J connectivity index is 2.35. The predicted molar refractivity (Wildman–Crippen MR) is 68.7 cm³/mol. The minimum absolute atomic E-state index is 0.163. The highest BCUT2D eigenvalue weighted by atomic mass is 16.7. The Hall–Kier alpha value is -0.820. The lowest BCUT2D eigenvalue weighted by Gasteiger charge is -2.32. The SMILES string of the molecule is Cn1cc(B2OC(C)(C)C(C)(C)O2)c(B(O)O)n1. The molecular formula is C10H18B2N2O4. The summed E-state index contributed by atoms with van der Waals surface area (Å²) in [5.74, 6) is 0. The molecule has 0 aromatic carbocycles. The Morgan fingerprint density at radius 2 is 1.72 bits per heavy atom. The van der Waals surface area contributed by atoms with Crippen LogP contribution in [-0.2, 0) is 16.4 Å². The first kappa shape index (κ1) is 13.6. The number of hydrogen-bond donors (Lipinski definition) is 2. The van der Waals surface area contributed by atoms with Crippen molar-refractivity contribution < 1.29 is 19.4 Å². The van der Waals surface area contributed by atoms with Crippen LogP contribution in [0.15, 0.2) is 6.20 Å². The molecule has 2 heterocycles. The van der Waals surface area contributed by atoms with Gasteiger partial charge >= 0.3 is 14.2 Å². The van der Waals surface area contributed by atoms with Gasteiger partial charge in [0.15, 0.2) is 0 Å². The molecule has 1 aliphatic heterocycles. The van der Waals surface area contributed by atoms with E-state index in [1.807, 2.05) is 27.7 Å². The van der Waals surface area contributed by atoms with Gasteiger partial charge in [0.1, 0.15) is 0 Å². The number of nitrogens with zero attached hydrogens (tertiary/aromatic N) is 2. The molecule has 1 fully saturated rings. The Bertz CT molecular complexity index is 443. The molecule has 0 amide bonds. The third kappa shape index (κ3) is 2.09. The molecule has 0 aliphatic carbocycles. The fourth-order valence-electron chi connectivity index (χ4n) is 1.88. The van der Waals surface area contributed by atoms with Gasteiger partial charge in [-0.05, 0) is 27.7 Å². The lowest BCUT2D eigenvalue weighted by Crippen LogP contribution is -2.50. The van der Waals surface area contributed by atoms with Gasteiger partial charge in [-0.2, -0.15) is 5.10 Å². The fourth-order valence-corrected chi connectivity index (χ4v) is 1.88. The van der Waals surface area contributed by atoms with E-state index >= 15 is 0 Å². The van der Waals surface area contributed by atoms with Crippen LogP contribution < -0.4 is 11.1 Å². The molecule has 1 aliphatic rings. The number of hydrogen-bond acceptors (Lipinski definition) is 5. The van der Waals surface area contributed by atoms with Gasteiger partial charge in [0, 0.05) is 18.7 Å². The van der Waals surface area contributed by atoms with Crippen molar-refractivity contribution in [2.24, 2.45) is 7.05 Å². The van der Waals surface area contributed by atoms with Gasteiger partial charge in [-0.15, -0.1) is 0 Å². The van der Waals surface area contributed by atoms with E-state index in [4.69, 9.17) is 9.31 Å². The van der Waals surface area contributed by atoms with Gasteiger partial charge in [0.05, 0.1) is 16.8 Å². The predicted octanol–water partition coefficient (Wildman–Crippen LogP) is -1.60. The maximum Gasteiger partial charge on any atom is 0.509 e. The lowest BCUT2D eigenvalue weighted by molar-refractivity contribution is 0.00578. The van der Waals surface area contributed by atoms with Gasteiger partial charge in [-0.1, -0.05) is 0 Å². The first-order valence-electron chi connectivity index (χ1n) is 5.89. The molecule has 0 spiro atoms. The first-order chi connectivity index (χ1) is 8.14. The molecule has 0 saturated carbocycles. The quantitative estimate of drug-likeness (QED) is 0.620. The zero-order chi connectivity index (χ0) is 13.7. The van der Waals surface area contributed by atoms with Crippen LogP contribution in [0, 0.1) is 0 Å². The molecule has 98 valence electrons. The average Bonchev–Trinajstić information content (AvgIpc) is 2.66. The van der Waals surface area contributed by atoms with Gasteiger partial charge in [0.25, 0.3) is 0 Å². The molecule has 0 atom stereocenters. The summed E-state index contributed by atoms with van der Waals surface area (Å²) < 4.78 is 13.2. The molecule has 8 heteroatoms. The molecular weight excluding hydrogens is 234 g/mol. The number of aromatic nitrogens is 2. The summed E-state index contributed by atoms with van der Waals surface area (Å²) in [6.07, 6.45) is 1.68. The Kier molecular flexibility index (Phi) is 3.09. The first-order valence-corrected chi connectivity index (χ1v) is 5.89. The smallest absolute Gasteiger partial charge is 0.422 e. The van der Waals surface area contributed by atoms with Crippen molar-refractivity contribution in [2.45, 2.75) is 38.9 Å². The van der Waals surface area contributed by atoms with Gasteiger partial charge in [-0.3, -0.25) is 4.68 Å². The summed E-state index contributed by atoms with van der Waals surface area (Å²) in [7, 11) is -0.568. The molecule has 1 aromatic heterocycles. The zero-order valence-electron chi connectivity index (χ0n) is 11.3. The molecule has 2 rings (SSSR count). The van der Waals surface area contributed by atoms with Crippen molar-refractivity contribution in [1.29, 1.82) is 0 Å². The van der Waals surface area contributed by atoms with Crippen LogP contribution in [0.3, 0.4) is 0 Å². The Labute approximate surface area is 107 Å². The normalized spacial score (nSPS) is 21.4. The minimum atomic E-state index is -1.64. The molecule has 1 saturated heterocycles. The highest BCUT2D eigenvalue weighted by Gasteiger charge is 2.53. The van der Waals surface area contributed by atoms with Crippen molar-refractivity contribution in [3.63, 3.8) is 0 Å². The zero-order valence-corrected chi connectivity index (χ0v) is 11.3. The number of rotatable bonds is 2. The van der Waals surface area contributed by atoms with E-state index in [1.54, 1.807) is 13.2 Å². The van der Waals surface area contributed by atoms with Crippen LogP contribution in [0.25, 0.3) is 0 Å². The summed E-state index contributed by atoms with van der Waals surface area (Å²) in [5, 5.41) is 22.6. The van der Waals surface area contributed by atoms with E-state index in [-0.39, 0.29) is 5.59 Å². The summed E-state index contributed by atoms with van der Waals surface area (Å²) in [6, 6.07) is 0. The lowest BCUT2D eigenvalue weighted by atomic mass is 9.70. The van der Waals surface area contributed by atoms with Crippen LogP contribution >= 0.6 is 0 Å². The summed E-state index contributed by atoms with van der Waals surface area (Å²) >= 11 is 0. The molecule has 0 radical (unpaired) electrons. The largest absolute Gasteiger partial charge is 0.509 e. The molecule has 0 bridgehead atoms. The fraction of sp³-hybridized carbons (Fsp3) is 0.700. The average molecular weight is 252 g/mol. The molecule has 18 heavy (non-hydrogen) atoms. The second-order valence-corrected chi connectivity index (χ2v) is 5.61. The molecule has 0 unspecified atom stereocenters. The van der Waals surface area contributed by atoms with Gasteiger partial charge < -0.3 is 19.4 Å². The van der Waals surface area contributed by atoms with Crippen molar-refractivity contribution in [3.8, 4) is 0 Å². The van der Waals surface area contributed by atoms with Crippen molar-refractivity contribution in [3.05, 3.63) is 6.20 Å². The minimum Gasteiger partial charge on any atom is -0.422 e. The van der Waals surface area contributed by atoms with Crippen LogP contribution in [0.1, 0.15) is 27.7 Å². The van der Waals surface area contributed by atoms with E-state index in [1.165, 1.54) is 4.68 Å². The topological polar surface area (TPSA) is 76.7 Å². The second-order valence-electron chi connectivity index (χ2n) is 5.61. The highest BCUT2D eigenvalue weighted by Crippen LogP contribution is 2.36. The van der Waals surface area contributed by atoms with Gasteiger partial charge in [0.2, 0.25) is 0 Å². The van der Waals surface area contributed by atoms with E-state index < -0.39 is 25.4 Å². The third-order valence-corrected chi connectivity index (χ3v) is 3.64. The standard InChI is InChI=1S/C10H18B2N2O4/c1-9(2)10(3,4)18-12(17-9)7-6-14(5)13-8(7)11(15)16/h6,15-16H,1-5H3. The highest BCUT2D eigenvalue weighted by molar-refractivity contribution is 6.72. The third-order valence-electron chi connectivity index (χ3n) is 3.64. The Morgan fingerprint density at radius 1 is 1.22 bits per heavy atom.